The molecule has 0 saturated carbocycles. The first-order valence-corrected chi connectivity index (χ1v) is 16.6. The number of rotatable bonds is 8. The standard InChI is InChI=1S/C32H36N4O6S2/c1-21-18-36(22(2)20-37)30(38)17-24-16-25(33-32(39)34-27-11-6-9-23-8-4-5-10-26(23)27)13-14-28(24)42-29(21)19-35(3)44(40,41)31-12-7-15-43-31/h4-16,21-22,29,37H,17-20H2,1-3H3,(H2,33,34,39)/t21-,22+,29+/m0/s1. The summed E-state index contributed by atoms with van der Waals surface area (Å²) >= 11 is 1.14. The molecular weight excluding hydrogens is 601 g/mol. The number of carbonyl (C=O) groups excluding carboxylic acids is 2. The van der Waals surface area contributed by atoms with Crippen molar-refractivity contribution in [2.75, 3.05) is 37.4 Å². The van der Waals surface area contributed by atoms with Crippen LogP contribution in [0.3, 0.4) is 0 Å². The van der Waals surface area contributed by atoms with Crippen LogP contribution < -0.4 is 15.4 Å². The molecule has 5 rings (SSSR count). The molecule has 10 nitrogen and oxygen atoms in total. The molecule has 0 radical (unpaired) electrons. The van der Waals surface area contributed by atoms with Gasteiger partial charge in [-0.3, -0.25) is 4.79 Å². The number of benzene rings is 3. The second-order valence-corrected chi connectivity index (χ2v) is 14.3. The van der Waals surface area contributed by atoms with E-state index in [1.54, 1.807) is 47.5 Å². The third-order valence-electron chi connectivity index (χ3n) is 7.81. The molecule has 0 fully saturated rings. The number of nitrogens with one attached hydrogen (secondary N) is 2. The third-order valence-corrected chi connectivity index (χ3v) is 11.0. The van der Waals surface area contributed by atoms with Crippen molar-refractivity contribution in [2.45, 2.75) is 36.6 Å². The molecule has 0 spiro atoms. The molecule has 0 aliphatic carbocycles. The van der Waals surface area contributed by atoms with Crippen molar-refractivity contribution in [3.05, 3.63) is 83.7 Å². The molecule has 44 heavy (non-hydrogen) atoms. The molecule has 4 aromatic rings. The number of fused-ring (bicyclic) bond motifs is 2. The van der Waals surface area contributed by atoms with E-state index >= 15 is 0 Å². The van der Waals surface area contributed by atoms with Gasteiger partial charge in [-0.15, -0.1) is 11.3 Å². The van der Waals surface area contributed by atoms with Gasteiger partial charge in [-0.25, -0.2) is 13.2 Å². The molecule has 12 heteroatoms. The predicted octanol–water partition coefficient (Wildman–Crippen LogP) is 5.02. The van der Waals surface area contributed by atoms with Crippen molar-refractivity contribution >= 4 is 55.4 Å². The topological polar surface area (TPSA) is 128 Å². The Labute approximate surface area is 261 Å². The van der Waals surface area contributed by atoms with Gasteiger partial charge in [-0.1, -0.05) is 49.4 Å². The van der Waals surface area contributed by atoms with Crippen LogP contribution in [0, 0.1) is 5.92 Å². The summed E-state index contributed by atoms with van der Waals surface area (Å²) in [5, 5.41) is 19.3. The number of amides is 3. The van der Waals surface area contributed by atoms with E-state index in [9.17, 15) is 23.1 Å². The van der Waals surface area contributed by atoms with Crippen molar-refractivity contribution in [2.24, 2.45) is 5.92 Å². The van der Waals surface area contributed by atoms with Gasteiger partial charge >= 0.3 is 6.03 Å². The zero-order valence-electron chi connectivity index (χ0n) is 24.8. The fraction of sp³-hybridized carbons (Fsp3) is 0.312. The quantitative estimate of drug-likeness (QED) is 0.249. The summed E-state index contributed by atoms with van der Waals surface area (Å²) < 4.78 is 34.4. The highest BCUT2D eigenvalue weighted by Crippen LogP contribution is 2.31. The number of hydrogen-bond donors (Lipinski definition) is 3. The van der Waals surface area contributed by atoms with Gasteiger partial charge in [-0.05, 0) is 48.0 Å². The Morgan fingerprint density at radius 1 is 1.11 bits per heavy atom. The Balaban J connectivity index is 1.41. The maximum atomic E-state index is 13.5. The molecule has 0 bridgehead atoms. The minimum atomic E-state index is -3.73. The number of urea groups is 1. The van der Waals surface area contributed by atoms with E-state index in [2.05, 4.69) is 10.6 Å². The summed E-state index contributed by atoms with van der Waals surface area (Å²) in [7, 11) is -2.22. The summed E-state index contributed by atoms with van der Waals surface area (Å²) in [6.07, 6.45) is -0.635. The molecule has 1 aliphatic heterocycles. The molecular formula is C32H36N4O6S2. The molecule has 3 N–H and O–H groups in total. The fourth-order valence-electron chi connectivity index (χ4n) is 5.26. The number of aliphatic hydroxyl groups excluding tert-OH is 1. The number of sulfonamides is 1. The molecule has 3 aromatic carbocycles. The Morgan fingerprint density at radius 3 is 2.64 bits per heavy atom. The van der Waals surface area contributed by atoms with Gasteiger partial charge in [0.2, 0.25) is 5.91 Å². The summed E-state index contributed by atoms with van der Waals surface area (Å²) in [6.45, 7) is 3.76. The molecule has 3 amide bonds. The van der Waals surface area contributed by atoms with Gasteiger partial charge in [0.05, 0.1) is 31.3 Å². The van der Waals surface area contributed by atoms with Crippen LogP contribution >= 0.6 is 11.3 Å². The predicted molar refractivity (Wildman–Crippen MR) is 173 cm³/mol. The van der Waals surface area contributed by atoms with E-state index in [1.807, 2.05) is 49.4 Å². The van der Waals surface area contributed by atoms with Crippen LogP contribution in [0.4, 0.5) is 16.2 Å². The van der Waals surface area contributed by atoms with Crippen LogP contribution in [0.2, 0.25) is 0 Å². The number of anilines is 2. The van der Waals surface area contributed by atoms with E-state index < -0.39 is 28.2 Å². The molecule has 1 aliphatic rings. The van der Waals surface area contributed by atoms with Crippen molar-refractivity contribution in [1.82, 2.24) is 9.21 Å². The van der Waals surface area contributed by atoms with E-state index in [0.717, 1.165) is 22.1 Å². The number of likely N-dealkylation sites (N-methyl/N-ethyl adjacent to an activating group) is 1. The summed E-state index contributed by atoms with van der Waals surface area (Å²) in [5.74, 6) is -0.0550. The van der Waals surface area contributed by atoms with Crippen molar-refractivity contribution in [1.29, 1.82) is 0 Å². The van der Waals surface area contributed by atoms with Crippen molar-refractivity contribution < 1.29 is 27.9 Å². The van der Waals surface area contributed by atoms with E-state index in [0.29, 0.717) is 22.7 Å². The third kappa shape index (κ3) is 6.88. The van der Waals surface area contributed by atoms with Crippen molar-refractivity contribution in [3.63, 3.8) is 0 Å². The number of thiophene rings is 1. The Bertz CT molecular complexity index is 1740. The first-order chi connectivity index (χ1) is 21.1. The largest absolute Gasteiger partial charge is 0.488 e. The zero-order chi connectivity index (χ0) is 31.4. The number of hydrogen-bond acceptors (Lipinski definition) is 7. The Hall–Kier alpha value is -3.97. The summed E-state index contributed by atoms with van der Waals surface area (Å²) in [4.78, 5) is 28.1. The summed E-state index contributed by atoms with van der Waals surface area (Å²) in [6, 6.07) is 20.8. The fourth-order valence-corrected chi connectivity index (χ4v) is 7.64. The molecule has 232 valence electrons. The Kier molecular flexibility index (Phi) is 9.54. The molecule has 1 aromatic heterocycles. The molecule has 0 saturated heterocycles. The van der Waals surface area contributed by atoms with Crippen LogP contribution in [0.15, 0.2) is 82.4 Å². The van der Waals surface area contributed by atoms with E-state index in [1.165, 1.54) is 11.4 Å². The Morgan fingerprint density at radius 2 is 1.89 bits per heavy atom. The molecule has 0 unspecified atom stereocenters. The van der Waals surface area contributed by atoms with Crippen LogP contribution in [0.5, 0.6) is 5.75 Å². The van der Waals surface area contributed by atoms with Crippen LogP contribution in [0.25, 0.3) is 10.8 Å². The second kappa shape index (κ2) is 13.3. The van der Waals surface area contributed by atoms with E-state index in [4.69, 9.17) is 4.74 Å². The lowest BCUT2D eigenvalue weighted by atomic mass is 10.0. The minimum absolute atomic E-state index is 0.0249. The first kappa shape index (κ1) is 31.5. The highest BCUT2D eigenvalue weighted by Gasteiger charge is 2.33. The first-order valence-electron chi connectivity index (χ1n) is 14.3. The lowest BCUT2D eigenvalue weighted by molar-refractivity contribution is -0.134. The smallest absolute Gasteiger partial charge is 0.323 e. The van der Waals surface area contributed by atoms with E-state index in [-0.39, 0.29) is 42.2 Å². The highest BCUT2D eigenvalue weighted by molar-refractivity contribution is 7.91. The van der Waals surface area contributed by atoms with Gasteiger partial charge in [0.15, 0.2) is 0 Å². The highest BCUT2D eigenvalue weighted by atomic mass is 32.2. The zero-order valence-corrected chi connectivity index (χ0v) is 26.4. The lowest BCUT2D eigenvalue weighted by Gasteiger charge is -2.33. The van der Waals surface area contributed by atoms with Gasteiger partial charge < -0.3 is 25.4 Å². The average Bonchev–Trinajstić information content (AvgIpc) is 3.57. The van der Waals surface area contributed by atoms with Gasteiger partial charge in [0.1, 0.15) is 16.1 Å². The number of carbonyl (C=O) groups is 2. The molecule has 2 heterocycles. The number of ether oxygens (including phenoxy) is 1. The van der Waals surface area contributed by atoms with Gasteiger partial charge in [-0.2, -0.15) is 4.31 Å². The van der Waals surface area contributed by atoms with Crippen molar-refractivity contribution in [3.8, 4) is 5.75 Å². The van der Waals surface area contributed by atoms with Crippen LogP contribution in [0.1, 0.15) is 19.4 Å². The maximum absolute atomic E-state index is 13.5. The second-order valence-electron chi connectivity index (χ2n) is 11.0. The average molecular weight is 637 g/mol. The maximum Gasteiger partial charge on any atom is 0.323 e. The van der Waals surface area contributed by atoms with Crippen LogP contribution in [-0.4, -0.2) is 73.6 Å². The van der Waals surface area contributed by atoms with Crippen LogP contribution in [-0.2, 0) is 21.2 Å². The monoisotopic (exact) mass is 636 g/mol. The lowest BCUT2D eigenvalue weighted by Crippen LogP contribution is -2.48. The number of nitrogens with zero attached hydrogens (tertiary/aromatic N) is 2. The van der Waals surface area contributed by atoms with Gasteiger partial charge in [0, 0.05) is 36.1 Å². The minimum Gasteiger partial charge on any atom is -0.488 e. The van der Waals surface area contributed by atoms with Gasteiger partial charge in [0.25, 0.3) is 10.0 Å². The normalized spacial score (nSPS) is 18.1. The SMILES string of the molecule is C[C@H](CO)N1C[C@H](C)[C@@H](CN(C)S(=O)(=O)c2cccs2)Oc2ccc(NC(=O)Nc3cccc4ccccc34)cc2CC1=O. The number of aliphatic hydroxyl groups is 1. The molecule has 3 atom stereocenters. The summed E-state index contributed by atoms with van der Waals surface area (Å²) in [5.41, 5.74) is 1.66.